The Morgan fingerprint density at radius 2 is 0.796 bits per heavy atom. The highest BCUT2D eigenvalue weighted by atomic mass is 32.1. The van der Waals surface area contributed by atoms with E-state index in [1.807, 2.05) is 11.3 Å². The van der Waals surface area contributed by atoms with Crippen molar-refractivity contribution in [2.24, 2.45) is 0 Å². The van der Waals surface area contributed by atoms with Crippen LogP contribution >= 0.6 is 11.3 Å². The van der Waals surface area contributed by atoms with Crippen LogP contribution in [0.25, 0.3) is 97.0 Å². The number of rotatable bonds is 4. The van der Waals surface area contributed by atoms with Crippen molar-refractivity contribution in [2.45, 2.75) is 0 Å². The molecule has 0 amide bonds. The van der Waals surface area contributed by atoms with Crippen LogP contribution in [0.3, 0.4) is 0 Å². The van der Waals surface area contributed by atoms with Gasteiger partial charge in [0.05, 0.1) is 0 Å². The zero-order chi connectivity index (χ0) is 32.3. The molecule has 0 saturated carbocycles. The first-order valence-corrected chi connectivity index (χ1v) is 17.7. The van der Waals surface area contributed by atoms with E-state index in [0.717, 1.165) is 0 Å². The fraction of sp³-hybridized carbons (Fsp3) is 0. The maximum absolute atomic E-state index is 2.36. The molecule has 0 unspecified atom stereocenters. The number of hydrogen-bond acceptors (Lipinski definition) is 1. The lowest BCUT2D eigenvalue weighted by atomic mass is 9.85. The van der Waals surface area contributed by atoms with Crippen molar-refractivity contribution in [3.63, 3.8) is 0 Å². The molecule has 49 heavy (non-hydrogen) atoms. The van der Waals surface area contributed by atoms with Crippen molar-refractivity contribution in [3.05, 3.63) is 182 Å². The van der Waals surface area contributed by atoms with E-state index in [1.165, 1.54) is 97.0 Å². The molecule has 0 nitrogen and oxygen atoms in total. The van der Waals surface area contributed by atoms with Crippen LogP contribution in [0.1, 0.15) is 0 Å². The summed E-state index contributed by atoms with van der Waals surface area (Å²) in [5.41, 5.74) is 10.0. The second-order valence-electron chi connectivity index (χ2n) is 12.8. The lowest BCUT2D eigenvalue weighted by Gasteiger charge is -2.18. The maximum atomic E-state index is 2.36. The minimum absolute atomic E-state index is 1.23. The lowest BCUT2D eigenvalue weighted by molar-refractivity contribution is 1.62. The van der Waals surface area contributed by atoms with E-state index < -0.39 is 0 Å². The maximum Gasteiger partial charge on any atom is 0.0361 e. The Balaban J connectivity index is 1.14. The minimum Gasteiger partial charge on any atom is -0.135 e. The van der Waals surface area contributed by atoms with Gasteiger partial charge in [0.1, 0.15) is 0 Å². The summed E-state index contributed by atoms with van der Waals surface area (Å²) in [7, 11) is 0. The second kappa shape index (κ2) is 11.3. The van der Waals surface area contributed by atoms with Gasteiger partial charge in [-0.2, -0.15) is 0 Å². The number of thiophene rings is 1. The summed E-state index contributed by atoms with van der Waals surface area (Å²) in [6.07, 6.45) is 0. The van der Waals surface area contributed by atoms with Crippen molar-refractivity contribution in [1.82, 2.24) is 0 Å². The van der Waals surface area contributed by atoms with Gasteiger partial charge in [-0.15, -0.1) is 11.3 Å². The van der Waals surface area contributed by atoms with E-state index in [9.17, 15) is 0 Å². The number of hydrogen-bond donors (Lipinski definition) is 0. The first kappa shape index (κ1) is 28.0. The van der Waals surface area contributed by atoms with E-state index >= 15 is 0 Å². The molecule has 9 aromatic carbocycles. The Morgan fingerprint density at radius 3 is 1.53 bits per heavy atom. The summed E-state index contributed by atoms with van der Waals surface area (Å²) in [5, 5.41) is 10.3. The summed E-state index contributed by atoms with van der Waals surface area (Å²) >= 11 is 1.87. The van der Waals surface area contributed by atoms with Crippen LogP contribution in [0.15, 0.2) is 182 Å². The molecular formula is C48H30S. The van der Waals surface area contributed by atoms with Gasteiger partial charge in [-0.1, -0.05) is 158 Å². The Bertz CT molecular complexity index is 2810. The molecule has 1 heterocycles. The van der Waals surface area contributed by atoms with E-state index in [1.54, 1.807) is 0 Å². The zero-order valence-electron chi connectivity index (χ0n) is 26.7. The molecule has 0 atom stereocenters. The topological polar surface area (TPSA) is 0 Å². The summed E-state index contributed by atoms with van der Waals surface area (Å²) in [6, 6.07) is 67.0. The normalized spacial score (nSPS) is 11.7. The third-order valence-corrected chi connectivity index (χ3v) is 11.2. The molecule has 0 saturated heterocycles. The smallest absolute Gasteiger partial charge is 0.0361 e. The van der Waals surface area contributed by atoms with Crippen LogP contribution in [0.2, 0.25) is 0 Å². The van der Waals surface area contributed by atoms with Crippen LogP contribution in [0, 0.1) is 0 Å². The molecule has 0 aliphatic rings. The lowest BCUT2D eigenvalue weighted by Crippen LogP contribution is -1.91. The summed E-state index contributed by atoms with van der Waals surface area (Å²) < 4.78 is 2.67. The fourth-order valence-corrected chi connectivity index (χ4v) is 8.94. The first-order valence-electron chi connectivity index (χ1n) is 16.8. The highest BCUT2D eigenvalue weighted by molar-refractivity contribution is 7.25. The quantitative estimate of drug-likeness (QED) is 0.168. The van der Waals surface area contributed by atoms with Gasteiger partial charge in [0.15, 0.2) is 0 Å². The molecule has 228 valence electrons. The third-order valence-electron chi connectivity index (χ3n) is 10.1. The molecule has 0 spiro atoms. The molecule has 1 aromatic heterocycles. The predicted molar refractivity (Wildman–Crippen MR) is 214 cm³/mol. The fourth-order valence-electron chi connectivity index (χ4n) is 7.81. The van der Waals surface area contributed by atoms with Crippen LogP contribution in [0.4, 0.5) is 0 Å². The van der Waals surface area contributed by atoms with Gasteiger partial charge in [-0.05, 0) is 101 Å². The molecular weight excluding hydrogens is 609 g/mol. The number of fused-ring (bicyclic) bond motifs is 6. The van der Waals surface area contributed by atoms with Gasteiger partial charge in [-0.3, -0.25) is 0 Å². The predicted octanol–water partition coefficient (Wildman–Crippen LogP) is 14.2. The molecule has 0 radical (unpaired) electrons. The van der Waals surface area contributed by atoms with Crippen molar-refractivity contribution >= 4 is 63.8 Å². The minimum atomic E-state index is 1.23. The van der Waals surface area contributed by atoms with Crippen molar-refractivity contribution in [2.75, 3.05) is 0 Å². The van der Waals surface area contributed by atoms with Crippen LogP contribution in [0.5, 0.6) is 0 Å². The number of benzene rings is 9. The molecule has 0 bridgehead atoms. The van der Waals surface area contributed by atoms with Crippen molar-refractivity contribution in [1.29, 1.82) is 0 Å². The van der Waals surface area contributed by atoms with E-state index in [0.29, 0.717) is 0 Å². The van der Waals surface area contributed by atoms with Crippen LogP contribution in [-0.2, 0) is 0 Å². The van der Waals surface area contributed by atoms with Gasteiger partial charge in [0.25, 0.3) is 0 Å². The standard InChI is InChI=1S/C48H30S/c1-2-12-34-29-36(28-23-31(34)11-1)35-13-9-14-37(30-35)47-41-17-5-3-15-39(41)46(40-16-4-6-18-42(40)47)33-26-24-32(25-27-33)38-20-10-22-45-48(38)43-19-7-8-21-44(43)49-45/h1-30H. The Morgan fingerprint density at radius 1 is 0.286 bits per heavy atom. The van der Waals surface area contributed by atoms with Gasteiger partial charge >= 0.3 is 0 Å². The monoisotopic (exact) mass is 638 g/mol. The largest absolute Gasteiger partial charge is 0.135 e. The Labute approximate surface area is 289 Å². The van der Waals surface area contributed by atoms with E-state index in [-0.39, 0.29) is 0 Å². The van der Waals surface area contributed by atoms with Crippen LogP contribution in [-0.4, -0.2) is 0 Å². The molecule has 0 aliphatic carbocycles. The molecule has 0 N–H and O–H groups in total. The second-order valence-corrected chi connectivity index (χ2v) is 13.9. The zero-order valence-corrected chi connectivity index (χ0v) is 27.5. The van der Waals surface area contributed by atoms with Gasteiger partial charge in [-0.25, -0.2) is 0 Å². The average molecular weight is 639 g/mol. The van der Waals surface area contributed by atoms with E-state index in [2.05, 4.69) is 182 Å². The Kier molecular flexibility index (Phi) is 6.47. The molecule has 1 heteroatoms. The highest BCUT2D eigenvalue weighted by Gasteiger charge is 2.18. The third kappa shape index (κ3) is 4.58. The molecule has 0 fully saturated rings. The summed E-state index contributed by atoms with van der Waals surface area (Å²) in [4.78, 5) is 0. The molecule has 0 aliphatic heterocycles. The van der Waals surface area contributed by atoms with Crippen molar-refractivity contribution < 1.29 is 0 Å². The molecule has 10 aromatic rings. The summed E-state index contributed by atoms with van der Waals surface area (Å²) in [6.45, 7) is 0. The van der Waals surface area contributed by atoms with Gasteiger partial charge in [0, 0.05) is 20.2 Å². The molecule has 10 rings (SSSR count). The summed E-state index contributed by atoms with van der Waals surface area (Å²) in [5.74, 6) is 0. The van der Waals surface area contributed by atoms with Gasteiger partial charge < -0.3 is 0 Å². The SMILES string of the molecule is c1cc(-c2ccc3ccccc3c2)cc(-c2c3ccccc3c(-c3ccc(-c4cccc5sc6ccccc6c45)cc3)c3ccccc23)c1. The highest BCUT2D eigenvalue weighted by Crippen LogP contribution is 2.45. The van der Waals surface area contributed by atoms with Crippen molar-refractivity contribution in [3.8, 4) is 44.5 Å². The Hall–Kier alpha value is -6.02. The van der Waals surface area contributed by atoms with Crippen LogP contribution < -0.4 is 0 Å². The average Bonchev–Trinajstić information content (AvgIpc) is 3.56. The van der Waals surface area contributed by atoms with E-state index in [4.69, 9.17) is 0 Å². The first-order chi connectivity index (χ1) is 24.3. The van der Waals surface area contributed by atoms with Gasteiger partial charge in [0.2, 0.25) is 0 Å².